The molecule has 0 radical (unpaired) electrons. The summed E-state index contributed by atoms with van der Waals surface area (Å²) in [5.74, 6) is 0.448. The minimum atomic E-state index is 0.448. The van der Waals surface area contributed by atoms with Gasteiger partial charge in [-0.3, -0.25) is 0 Å². The lowest BCUT2D eigenvalue weighted by Gasteiger charge is -2.03. The number of unbranched alkanes of at least 4 members (excludes halogenated alkanes) is 1. The quantitative estimate of drug-likeness (QED) is 0.728. The van der Waals surface area contributed by atoms with Crippen molar-refractivity contribution in [2.24, 2.45) is 0 Å². The standard InChI is InChI=1S/C11H16O/c1-3-4-5-10-7-6-9(2)8-11(10)12/h6-8,12H,3-5H2,1-2H3. The van der Waals surface area contributed by atoms with Crippen LogP contribution in [0.25, 0.3) is 0 Å². The molecule has 0 fully saturated rings. The topological polar surface area (TPSA) is 20.2 Å². The zero-order chi connectivity index (χ0) is 8.97. The monoisotopic (exact) mass is 164 g/mol. The molecule has 0 aliphatic carbocycles. The summed E-state index contributed by atoms with van der Waals surface area (Å²) in [6, 6.07) is 5.88. The van der Waals surface area contributed by atoms with Crippen molar-refractivity contribution in [3.05, 3.63) is 29.3 Å². The average molecular weight is 164 g/mol. The number of phenols is 1. The molecule has 1 nitrogen and oxygen atoms in total. The molecule has 12 heavy (non-hydrogen) atoms. The van der Waals surface area contributed by atoms with Crippen molar-refractivity contribution in [2.75, 3.05) is 0 Å². The van der Waals surface area contributed by atoms with Gasteiger partial charge in [-0.05, 0) is 37.0 Å². The highest BCUT2D eigenvalue weighted by Crippen LogP contribution is 2.20. The van der Waals surface area contributed by atoms with Gasteiger partial charge in [-0.15, -0.1) is 0 Å². The van der Waals surface area contributed by atoms with Crippen LogP contribution >= 0.6 is 0 Å². The van der Waals surface area contributed by atoms with Gasteiger partial charge >= 0.3 is 0 Å². The van der Waals surface area contributed by atoms with E-state index in [2.05, 4.69) is 6.92 Å². The number of aryl methyl sites for hydroxylation is 2. The second kappa shape index (κ2) is 4.15. The molecule has 66 valence electrons. The van der Waals surface area contributed by atoms with Crippen LogP contribution in [0.4, 0.5) is 0 Å². The van der Waals surface area contributed by atoms with Crippen LogP contribution in [0, 0.1) is 6.92 Å². The highest BCUT2D eigenvalue weighted by Gasteiger charge is 1.99. The Morgan fingerprint density at radius 2 is 2.08 bits per heavy atom. The fraction of sp³-hybridized carbons (Fsp3) is 0.455. The van der Waals surface area contributed by atoms with E-state index in [-0.39, 0.29) is 0 Å². The minimum Gasteiger partial charge on any atom is -0.508 e. The van der Waals surface area contributed by atoms with E-state index >= 15 is 0 Å². The molecule has 1 rings (SSSR count). The van der Waals surface area contributed by atoms with Crippen LogP contribution in [0.1, 0.15) is 30.9 Å². The number of phenolic OH excluding ortho intramolecular Hbond substituents is 1. The van der Waals surface area contributed by atoms with Crippen LogP contribution in [-0.2, 0) is 6.42 Å². The van der Waals surface area contributed by atoms with E-state index in [1.165, 1.54) is 6.42 Å². The molecule has 0 amide bonds. The lowest BCUT2D eigenvalue weighted by Crippen LogP contribution is -1.85. The maximum atomic E-state index is 9.52. The Morgan fingerprint density at radius 1 is 1.33 bits per heavy atom. The lowest BCUT2D eigenvalue weighted by atomic mass is 10.1. The molecule has 0 bridgehead atoms. The molecular weight excluding hydrogens is 148 g/mol. The number of rotatable bonds is 3. The maximum absolute atomic E-state index is 9.52. The summed E-state index contributed by atoms with van der Waals surface area (Å²) < 4.78 is 0. The molecule has 0 unspecified atom stereocenters. The predicted molar refractivity (Wildman–Crippen MR) is 51.5 cm³/mol. The predicted octanol–water partition coefficient (Wildman–Crippen LogP) is 3.04. The van der Waals surface area contributed by atoms with Crippen molar-refractivity contribution < 1.29 is 5.11 Å². The van der Waals surface area contributed by atoms with E-state index in [9.17, 15) is 5.11 Å². The third kappa shape index (κ3) is 2.26. The molecule has 0 saturated heterocycles. The second-order valence-corrected chi connectivity index (χ2v) is 3.24. The normalized spacial score (nSPS) is 10.2. The smallest absolute Gasteiger partial charge is 0.119 e. The lowest BCUT2D eigenvalue weighted by molar-refractivity contribution is 0.466. The Kier molecular flexibility index (Phi) is 3.15. The number of aromatic hydroxyl groups is 1. The van der Waals surface area contributed by atoms with Gasteiger partial charge in [-0.1, -0.05) is 25.5 Å². The van der Waals surface area contributed by atoms with Crippen LogP contribution in [-0.4, -0.2) is 5.11 Å². The third-order valence-corrected chi connectivity index (χ3v) is 2.04. The minimum absolute atomic E-state index is 0.448. The van der Waals surface area contributed by atoms with Crippen LogP contribution in [0.15, 0.2) is 18.2 Å². The Labute approximate surface area is 74.1 Å². The summed E-state index contributed by atoms with van der Waals surface area (Å²) >= 11 is 0. The number of hydrogen-bond donors (Lipinski definition) is 1. The van der Waals surface area contributed by atoms with Crippen LogP contribution in [0.2, 0.25) is 0 Å². The summed E-state index contributed by atoms with van der Waals surface area (Å²) in [4.78, 5) is 0. The fourth-order valence-corrected chi connectivity index (χ4v) is 1.25. The van der Waals surface area contributed by atoms with E-state index in [0.29, 0.717) is 5.75 Å². The summed E-state index contributed by atoms with van der Waals surface area (Å²) in [7, 11) is 0. The first-order chi connectivity index (χ1) is 5.74. The Hall–Kier alpha value is -0.980. The number of benzene rings is 1. The van der Waals surface area contributed by atoms with Gasteiger partial charge in [0, 0.05) is 0 Å². The first-order valence-corrected chi connectivity index (χ1v) is 4.52. The SMILES string of the molecule is CCCCc1ccc(C)cc1O. The van der Waals surface area contributed by atoms with Gasteiger partial charge in [0.2, 0.25) is 0 Å². The van der Waals surface area contributed by atoms with Crippen LogP contribution < -0.4 is 0 Å². The molecule has 1 aromatic rings. The molecule has 0 saturated carbocycles. The Morgan fingerprint density at radius 3 is 2.67 bits per heavy atom. The van der Waals surface area contributed by atoms with E-state index < -0.39 is 0 Å². The largest absolute Gasteiger partial charge is 0.508 e. The van der Waals surface area contributed by atoms with Gasteiger partial charge in [-0.2, -0.15) is 0 Å². The Bertz CT molecular complexity index is 253. The number of hydrogen-bond acceptors (Lipinski definition) is 1. The van der Waals surface area contributed by atoms with Crippen molar-refractivity contribution in [1.29, 1.82) is 0 Å². The molecule has 0 spiro atoms. The van der Waals surface area contributed by atoms with Crippen LogP contribution in [0.3, 0.4) is 0 Å². The van der Waals surface area contributed by atoms with Crippen molar-refractivity contribution in [3.63, 3.8) is 0 Å². The first-order valence-electron chi connectivity index (χ1n) is 4.52. The molecule has 1 heteroatoms. The van der Waals surface area contributed by atoms with Gasteiger partial charge in [0.1, 0.15) is 5.75 Å². The molecular formula is C11H16O. The highest BCUT2D eigenvalue weighted by molar-refractivity contribution is 5.35. The summed E-state index contributed by atoms with van der Waals surface area (Å²) in [5.41, 5.74) is 2.19. The van der Waals surface area contributed by atoms with E-state index in [1.54, 1.807) is 0 Å². The molecule has 0 aromatic heterocycles. The third-order valence-electron chi connectivity index (χ3n) is 2.04. The molecule has 1 N–H and O–H groups in total. The first kappa shape index (κ1) is 9.11. The van der Waals surface area contributed by atoms with E-state index in [1.807, 2.05) is 25.1 Å². The average Bonchev–Trinajstić information content (AvgIpc) is 2.03. The van der Waals surface area contributed by atoms with Gasteiger partial charge < -0.3 is 5.11 Å². The van der Waals surface area contributed by atoms with Crippen molar-refractivity contribution in [2.45, 2.75) is 33.1 Å². The van der Waals surface area contributed by atoms with Gasteiger partial charge in [0.05, 0.1) is 0 Å². The molecule has 0 heterocycles. The maximum Gasteiger partial charge on any atom is 0.119 e. The fourth-order valence-electron chi connectivity index (χ4n) is 1.25. The van der Waals surface area contributed by atoms with Gasteiger partial charge in [0.25, 0.3) is 0 Å². The summed E-state index contributed by atoms with van der Waals surface area (Å²) in [5, 5.41) is 9.52. The van der Waals surface area contributed by atoms with Crippen molar-refractivity contribution in [1.82, 2.24) is 0 Å². The van der Waals surface area contributed by atoms with E-state index in [0.717, 1.165) is 24.0 Å². The van der Waals surface area contributed by atoms with Crippen molar-refractivity contribution >= 4 is 0 Å². The molecule has 0 aliphatic rings. The van der Waals surface area contributed by atoms with Crippen LogP contribution in [0.5, 0.6) is 5.75 Å². The van der Waals surface area contributed by atoms with Crippen molar-refractivity contribution in [3.8, 4) is 5.75 Å². The highest BCUT2D eigenvalue weighted by atomic mass is 16.3. The summed E-state index contributed by atoms with van der Waals surface area (Å²) in [6.45, 7) is 4.15. The zero-order valence-corrected chi connectivity index (χ0v) is 7.80. The zero-order valence-electron chi connectivity index (χ0n) is 7.80. The molecule has 1 aromatic carbocycles. The summed E-state index contributed by atoms with van der Waals surface area (Å²) in [6.07, 6.45) is 3.31. The van der Waals surface area contributed by atoms with Gasteiger partial charge in [0.15, 0.2) is 0 Å². The Balaban J connectivity index is 2.72. The molecule has 0 aliphatic heterocycles. The molecule has 0 atom stereocenters. The van der Waals surface area contributed by atoms with E-state index in [4.69, 9.17) is 0 Å². The van der Waals surface area contributed by atoms with Gasteiger partial charge in [-0.25, -0.2) is 0 Å². The second-order valence-electron chi connectivity index (χ2n) is 3.24.